The molecule has 0 aliphatic carbocycles. The fraction of sp³-hybridized carbons (Fsp3) is 0.375. The number of amides is 1. The Bertz CT molecular complexity index is 1440. The lowest BCUT2D eigenvalue weighted by molar-refractivity contribution is 0.0952. The zero-order valence-electron chi connectivity index (χ0n) is 24.2. The van der Waals surface area contributed by atoms with E-state index < -0.39 is 0 Å². The molecule has 0 aliphatic heterocycles. The number of imidazole rings is 1. The maximum Gasteiger partial charge on any atom is 0.251 e. The van der Waals surface area contributed by atoms with Crippen molar-refractivity contribution in [3.05, 3.63) is 76.6 Å². The SMILES string of the molecule is COc1cc(C(=O)NCCCCCc2nc3ccccc3n2CCCOc2ccc(Cl)c(C)c2)cc(OC)c1OC. The van der Waals surface area contributed by atoms with Crippen molar-refractivity contribution in [2.24, 2.45) is 0 Å². The second-order valence-corrected chi connectivity index (χ2v) is 10.2. The predicted molar refractivity (Wildman–Crippen MR) is 162 cm³/mol. The summed E-state index contributed by atoms with van der Waals surface area (Å²) in [5.74, 6) is 3.09. The molecule has 0 unspecified atom stereocenters. The number of benzene rings is 3. The smallest absolute Gasteiger partial charge is 0.251 e. The number of para-hydroxylation sites is 2. The summed E-state index contributed by atoms with van der Waals surface area (Å²) in [7, 11) is 4.60. The van der Waals surface area contributed by atoms with E-state index in [2.05, 4.69) is 22.0 Å². The molecule has 0 saturated heterocycles. The Hall–Kier alpha value is -3.91. The van der Waals surface area contributed by atoms with Crippen LogP contribution in [0.1, 0.15) is 47.4 Å². The third-order valence-electron chi connectivity index (χ3n) is 6.95. The number of aromatic nitrogens is 2. The molecule has 1 amide bonds. The third-order valence-corrected chi connectivity index (χ3v) is 7.37. The number of hydrogen-bond donors (Lipinski definition) is 1. The first-order valence-electron chi connectivity index (χ1n) is 13.9. The maximum absolute atomic E-state index is 12.7. The molecule has 41 heavy (non-hydrogen) atoms. The minimum absolute atomic E-state index is 0.179. The molecule has 8 nitrogen and oxygen atoms in total. The fourth-order valence-electron chi connectivity index (χ4n) is 4.79. The van der Waals surface area contributed by atoms with E-state index in [-0.39, 0.29) is 5.91 Å². The normalized spacial score (nSPS) is 11.0. The van der Waals surface area contributed by atoms with Crippen LogP contribution in [0, 0.1) is 6.92 Å². The van der Waals surface area contributed by atoms with E-state index >= 15 is 0 Å². The van der Waals surface area contributed by atoms with Crippen LogP contribution in [0.3, 0.4) is 0 Å². The largest absolute Gasteiger partial charge is 0.494 e. The fourth-order valence-corrected chi connectivity index (χ4v) is 4.90. The average molecular weight is 580 g/mol. The van der Waals surface area contributed by atoms with Crippen LogP contribution in [0.15, 0.2) is 54.6 Å². The molecule has 4 aromatic rings. The number of nitrogens with one attached hydrogen (secondary N) is 1. The van der Waals surface area contributed by atoms with Gasteiger partial charge in [-0.3, -0.25) is 4.79 Å². The molecule has 1 heterocycles. The van der Waals surface area contributed by atoms with E-state index in [1.54, 1.807) is 12.1 Å². The third kappa shape index (κ3) is 7.64. The van der Waals surface area contributed by atoms with Crippen molar-refractivity contribution in [3.8, 4) is 23.0 Å². The van der Waals surface area contributed by atoms with Gasteiger partial charge in [0.2, 0.25) is 5.75 Å². The molecule has 0 radical (unpaired) electrons. The van der Waals surface area contributed by atoms with Gasteiger partial charge >= 0.3 is 0 Å². The Balaban J connectivity index is 1.26. The molecule has 218 valence electrons. The number of methoxy groups -OCH3 is 3. The van der Waals surface area contributed by atoms with Crippen molar-refractivity contribution < 1.29 is 23.7 Å². The number of unbranched alkanes of at least 4 members (excludes halogenated alkanes) is 2. The van der Waals surface area contributed by atoms with Crippen LogP contribution in [0.2, 0.25) is 5.02 Å². The maximum atomic E-state index is 12.7. The lowest BCUT2D eigenvalue weighted by Crippen LogP contribution is -2.24. The lowest BCUT2D eigenvalue weighted by Gasteiger charge is -2.14. The highest BCUT2D eigenvalue weighted by atomic mass is 35.5. The van der Waals surface area contributed by atoms with Crippen LogP contribution in [-0.4, -0.2) is 49.9 Å². The number of carbonyl (C=O) groups is 1. The zero-order valence-corrected chi connectivity index (χ0v) is 24.9. The van der Waals surface area contributed by atoms with Crippen LogP contribution < -0.4 is 24.3 Å². The number of hydrogen-bond acceptors (Lipinski definition) is 6. The molecule has 0 bridgehead atoms. The number of nitrogens with zero attached hydrogens (tertiary/aromatic N) is 2. The minimum atomic E-state index is -0.179. The molecular formula is C32H38ClN3O5. The van der Waals surface area contributed by atoms with E-state index in [1.165, 1.54) is 21.3 Å². The topological polar surface area (TPSA) is 83.8 Å². The number of carbonyl (C=O) groups excluding carboxylic acids is 1. The summed E-state index contributed by atoms with van der Waals surface area (Å²) >= 11 is 6.12. The number of rotatable bonds is 15. The summed E-state index contributed by atoms with van der Waals surface area (Å²) in [5.41, 5.74) is 3.62. The highest BCUT2D eigenvalue weighted by Gasteiger charge is 2.17. The first kappa shape index (κ1) is 30.1. The van der Waals surface area contributed by atoms with Crippen LogP contribution in [0.4, 0.5) is 0 Å². The van der Waals surface area contributed by atoms with Crippen molar-refractivity contribution in [3.63, 3.8) is 0 Å². The molecule has 0 spiro atoms. The summed E-state index contributed by atoms with van der Waals surface area (Å²) in [4.78, 5) is 17.6. The van der Waals surface area contributed by atoms with E-state index in [4.69, 9.17) is 35.5 Å². The van der Waals surface area contributed by atoms with Gasteiger partial charge in [0.25, 0.3) is 5.91 Å². The first-order chi connectivity index (χ1) is 19.9. The number of ether oxygens (including phenoxy) is 4. The van der Waals surface area contributed by atoms with E-state index in [9.17, 15) is 4.79 Å². The molecule has 1 N–H and O–H groups in total. The van der Waals surface area contributed by atoms with Gasteiger partial charge in [-0.05, 0) is 74.2 Å². The molecule has 3 aromatic carbocycles. The molecule has 4 rings (SSSR count). The first-order valence-corrected chi connectivity index (χ1v) is 14.2. The summed E-state index contributed by atoms with van der Waals surface area (Å²) < 4.78 is 24.3. The molecule has 0 fully saturated rings. The van der Waals surface area contributed by atoms with E-state index in [0.29, 0.717) is 36.0 Å². The number of halogens is 1. The Labute approximate surface area is 246 Å². The number of aryl methyl sites for hydroxylation is 3. The van der Waals surface area contributed by atoms with Crippen LogP contribution in [-0.2, 0) is 13.0 Å². The van der Waals surface area contributed by atoms with Crippen molar-refractivity contribution in [1.29, 1.82) is 0 Å². The van der Waals surface area contributed by atoms with E-state index in [1.807, 2.05) is 37.3 Å². The molecule has 0 atom stereocenters. The number of fused-ring (bicyclic) bond motifs is 1. The van der Waals surface area contributed by atoms with Crippen LogP contribution in [0.5, 0.6) is 23.0 Å². The molecular weight excluding hydrogens is 542 g/mol. The van der Waals surface area contributed by atoms with Crippen LogP contribution >= 0.6 is 11.6 Å². The van der Waals surface area contributed by atoms with E-state index in [0.717, 1.165) is 71.8 Å². The zero-order chi connectivity index (χ0) is 29.2. The minimum Gasteiger partial charge on any atom is -0.494 e. The molecule has 9 heteroatoms. The lowest BCUT2D eigenvalue weighted by atomic mass is 10.1. The molecule has 0 aliphatic rings. The molecule has 1 aromatic heterocycles. The second-order valence-electron chi connectivity index (χ2n) is 9.76. The summed E-state index contributed by atoms with van der Waals surface area (Å²) in [6.07, 6.45) is 4.54. The van der Waals surface area contributed by atoms with Gasteiger partial charge in [0.1, 0.15) is 11.6 Å². The van der Waals surface area contributed by atoms with Gasteiger partial charge in [-0.1, -0.05) is 30.2 Å². The predicted octanol–water partition coefficient (Wildman–Crippen LogP) is 6.64. The van der Waals surface area contributed by atoms with Gasteiger partial charge in [0.15, 0.2) is 11.5 Å². The average Bonchev–Trinajstić information content (AvgIpc) is 3.34. The summed E-state index contributed by atoms with van der Waals surface area (Å²) in [6, 6.07) is 17.3. The van der Waals surface area contributed by atoms with Crippen molar-refractivity contribution in [1.82, 2.24) is 14.9 Å². The quantitative estimate of drug-likeness (QED) is 0.159. The van der Waals surface area contributed by atoms with Crippen LogP contribution in [0.25, 0.3) is 11.0 Å². The van der Waals surface area contributed by atoms with Crippen molar-refractivity contribution in [2.45, 2.75) is 45.6 Å². The van der Waals surface area contributed by atoms with Crippen molar-refractivity contribution >= 4 is 28.5 Å². The van der Waals surface area contributed by atoms with Gasteiger partial charge < -0.3 is 28.8 Å². The highest BCUT2D eigenvalue weighted by Crippen LogP contribution is 2.38. The van der Waals surface area contributed by atoms with Gasteiger partial charge in [0.05, 0.1) is 39.0 Å². The summed E-state index contributed by atoms with van der Waals surface area (Å²) in [6.45, 7) is 3.99. The Kier molecular flexibility index (Phi) is 10.7. The van der Waals surface area contributed by atoms with Gasteiger partial charge in [-0.25, -0.2) is 4.98 Å². The standard InChI is InChI=1S/C32H38ClN3O5/c1-22-19-24(14-15-25(22)33)41-18-10-17-36-27-12-8-7-11-26(27)35-30(36)13-6-5-9-16-34-32(37)23-20-28(38-2)31(40-4)29(21-23)39-3/h7-8,11-12,14-15,19-21H,5-6,9-10,13,16-18H2,1-4H3,(H,34,37). The summed E-state index contributed by atoms with van der Waals surface area (Å²) in [5, 5.41) is 3.74. The second kappa shape index (κ2) is 14.6. The van der Waals surface area contributed by atoms with Gasteiger partial charge in [0, 0.05) is 30.1 Å². The Morgan fingerprint density at radius 2 is 1.68 bits per heavy atom. The Morgan fingerprint density at radius 3 is 2.39 bits per heavy atom. The molecule has 0 saturated carbocycles. The monoisotopic (exact) mass is 579 g/mol. The Morgan fingerprint density at radius 1 is 0.927 bits per heavy atom. The highest BCUT2D eigenvalue weighted by molar-refractivity contribution is 6.31. The van der Waals surface area contributed by atoms with Crippen molar-refractivity contribution in [2.75, 3.05) is 34.5 Å². The van der Waals surface area contributed by atoms with Gasteiger partial charge in [-0.2, -0.15) is 0 Å². The van der Waals surface area contributed by atoms with Gasteiger partial charge in [-0.15, -0.1) is 0 Å².